The molecule has 0 atom stereocenters. The number of allylic oxidation sites excluding steroid dienone is 1. The summed E-state index contributed by atoms with van der Waals surface area (Å²) in [6, 6.07) is 0. The van der Waals surface area contributed by atoms with Crippen LogP contribution in [0, 0.1) is 0 Å². The molecule has 0 rings (SSSR count). The van der Waals surface area contributed by atoms with Gasteiger partial charge in [-0.25, -0.2) is 9.59 Å². The van der Waals surface area contributed by atoms with E-state index in [1.54, 1.807) is 0 Å². The van der Waals surface area contributed by atoms with Crippen LogP contribution in [0.4, 0.5) is 22.0 Å². The summed E-state index contributed by atoms with van der Waals surface area (Å²) in [5, 5.41) is 16.3. The molecule has 0 unspecified atom stereocenters. The average Bonchev–Trinajstić information content (AvgIpc) is 1.99. The zero-order chi connectivity index (χ0) is 13.1. The van der Waals surface area contributed by atoms with Gasteiger partial charge in [0.05, 0.1) is 0 Å². The Labute approximate surface area is 85.0 Å². The monoisotopic (exact) mass is 248 g/mol. The molecule has 2 N–H and O–H groups in total. The first-order valence-corrected chi connectivity index (χ1v) is 3.60. The minimum Gasteiger partial charge on any atom is -0.477 e. The molecule has 0 aliphatic carbocycles. The highest BCUT2D eigenvalue weighted by atomic mass is 19.4. The molecule has 0 aromatic carbocycles. The maximum absolute atomic E-state index is 12.3. The van der Waals surface area contributed by atoms with Gasteiger partial charge < -0.3 is 10.2 Å². The highest BCUT2D eigenvalue weighted by molar-refractivity contribution is 6.12. The number of carboxylic acid groups (broad SMARTS) is 2. The molecule has 0 heterocycles. The Hall–Kier alpha value is -1.67. The first kappa shape index (κ1) is 14.3. The van der Waals surface area contributed by atoms with E-state index < -0.39 is 36.0 Å². The van der Waals surface area contributed by atoms with Crippen molar-refractivity contribution in [3.05, 3.63) is 11.6 Å². The highest BCUT2D eigenvalue weighted by Crippen LogP contribution is 2.38. The Kier molecular flexibility index (Phi) is 3.99. The van der Waals surface area contributed by atoms with Crippen LogP contribution >= 0.6 is 0 Å². The standard InChI is InChI=1S/C7H5F5O4/c8-6(9,7(10,11)12)2-1-3(4(13)14)5(15)16/h1H,2H2,(H,13,14)(H,15,16). The number of hydrogen-bond donors (Lipinski definition) is 2. The highest BCUT2D eigenvalue weighted by Gasteiger charge is 2.56. The smallest absolute Gasteiger partial charge is 0.453 e. The van der Waals surface area contributed by atoms with Gasteiger partial charge in [-0.05, 0) is 0 Å². The Balaban J connectivity index is 4.94. The van der Waals surface area contributed by atoms with Crippen LogP contribution in [-0.2, 0) is 9.59 Å². The lowest BCUT2D eigenvalue weighted by Crippen LogP contribution is -2.36. The third-order valence-electron chi connectivity index (χ3n) is 1.44. The van der Waals surface area contributed by atoms with E-state index in [1.807, 2.05) is 0 Å². The fourth-order valence-corrected chi connectivity index (χ4v) is 0.612. The quantitative estimate of drug-likeness (QED) is 0.343. The second-order valence-corrected chi connectivity index (χ2v) is 2.63. The fraction of sp³-hybridized carbons (Fsp3) is 0.429. The molecule has 0 spiro atoms. The molecule has 0 aliphatic heterocycles. The Morgan fingerprint density at radius 1 is 1.00 bits per heavy atom. The number of hydrogen-bond acceptors (Lipinski definition) is 2. The Bertz CT molecular complexity index is 314. The molecule has 0 fully saturated rings. The molecule has 0 radical (unpaired) electrons. The predicted octanol–water partition coefficient (Wildman–Crippen LogP) is 1.67. The minimum absolute atomic E-state index is 0.182. The maximum atomic E-state index is 12.3. The zero-order valence-electron chi connectivity index (χ0n) is 7.39. The van der Waals surface area contributed by atoms with E-state index in [9.17, 15) is 31.5 Å². The first-order valence-electron chi connectivity index (χ1n) is 3.60. The van der Waals surface area contributed by atoms with E-state index >= 15 is 0 Å². The van der Waals surface area contributed by atoms with Crippen LogP contribution in [0.3, 0.4) is 0 Å². The molecule has 4 nitrogen and oxygen atoms in total. The van der Waals surface area contributed by atoms with Crippen molar-refractivity contribution in [2.75, 3.05) is 0 Å². The lowest BCUT2D eigenvalue weighted by atomic mass is 10.1. The SMILES string of the molecule is O=C(O)C(=CCC(F)(F)C(F)(F)F)C(=O)O. The normalized spacial score (nSPS) is 12.1. The number of halogens is 5. The van der Waals surface area contributed by atoms with Crippen molar-refractivity contribution < 1.29 is 41.8 Å². The van der Waals surface area contributed by atoms with E-state index in [4.69, 9.17) is 10.2 Å². The van der Waals surface area contributed by atoms with Crippen LogP contribution in [-0.4, -0.2) is 34.3 Å². The van der Waals surface area contributed by atoms with Crippen molar-refractivity contribution in [3.63, 3.8) is 0 Å². The summed E-state index contributed by atoms with van der Waals surface area (Å²) in [5.41, 5.74) is -1.54. The van der Waals surface area contributed by atoms with E-state index in [1.165, 1.54) is 0 Å². The van der Waals surface area contributed by atoms with Gasteiger partial charge in [0.15, 0.2) is 0 Å². The number of aliphatic carboxylic acids is 2. The van der Waals surface area contributed by atoms with Gasteiger partial charge in [0.25, 0.3) is 0 Å². The molecule has 0 aromatic rings. The molecule has 0 aromatic heterocycles. The second kappa shape index (κ2) is 4.45. The van der Waals surface area contributed by atoms with Gasteiger partial charge in [0.2, 0.25) is 0 Å². The molecule has 92 valence electrons. The number of carboxylic acids is 2. The molecule has 0 saturated carbocycles. The minimum atomic E-state index is -5.86. The summed E-state index contributed by atoms with van der Waals surface area (Å²) in [6.45, 7) is 0. The molecule has 0 amide bonds. The second-order valence-electron chi connectivity index (χ2n) is 2.63. The number of carbonyl (C=O) groups is 2. The van der Waals surface area contributed by atoms with Crippen molar-refractivity contribution >= 4 is 11.9 Å². The van der Waals surface area contributed by atoms with Gasteiger partial charge in [-0.1, -0.05) is 6.08 Å². The van der Waals surface area contributed by atoms with Crippen LogP contribution in [0.5, 0.6) is 0 Å². The van der Waals surface area contributed by atoms with Gasteiger partial charge in [-0.2, -0.15) is 22.0 Å². The topological polar surface area (TPSA) is 74.6 Å². The third-order valence-corrected chi connectivity index (χ3v) is 1.44. The summed E-state index contributed by atoms with van der Waals surface area (Å²) in [4.78, 5) is 20.3. The van der Waals surface area contributed by atoms with E-state index in [2.05, 4.69) is 0 Å². The van der Waals surface area contributed by atoms with Crippen LogP contribution in [0.2, 0.25) is 0 Å². The predicted molar refractivity (Wildman–Crippen MR) is 39.0 cm³/mol. The molecule has 16 heavy (non-hydrogen) atoms. The van der Waals surface area contributed by atoms with E-state index in [-0.39, 0.29) is 6.08 Å². The van der Waals surface area contributed by atoms with Crippen LogP contribution in [0.1, 0.15) is 6.42 Å². The molecular formula is C7H5F5O4. The van der Waals surface area contributed by atoms with Crippen molar-refractivity contribution in [3.8, 4) is 0 Å². The lowest BCUT2D eigenvalue weighted by molar-refractivity contribution is -0.280. The van der Waals surface area contributed by atoms with Crippen molar-refractivity contribution in [1.29, 1.82) is 0 Å². The first-order chi connectivity index (χ1) is 6.99. The third kappa shape index (κ3) is 3.48. The van der Waals surface area contributed by atoms with Crippen molar-refractivity contribution in [2.45, 2.75) is 18.5 Å². The fourth-order valence-electron chi connectivity index (χ4n) is 0.612. The molecule has 0 bridgehead atoms. The molecule has 0 saturated heterocycles. The van der Waals surface area contributed by atoms with E-state index in [0.717, 1.165) is 0 Å². The Morgan fingerprint density at radius 3 is 1.62 bits per heavy atom. The molecule has 9 heteroatoms. The Morgan fingerprint density at radius 2 is 1.38 bits per heavy atom. The summed E-state index contributed by atoms with van der Waals surface area (Å²) < 4.78 is 59.4. The summed E-state index contributed by atoms with van der Waals surface area (Å²) in [6.07, 6.45) is -8.08. The van der Waals surface area contributed by atoms with Crippen LogP contribution in [0.15, 0.2) is 11.6 Å². The average molecular weight is 248 g/mol. The summed E-state index contributed by atoms with van der Waals surface area (Å²) >= 11 is 0. The molecular weight excluding hydrogens is 243 g/mol. The van der Waals surface area contributed by atoms with E-state index in [0.29, 0.717) is 0 Å². The maximum Gasteiger partial charge on any atom is 0.453 e. The van der Waals surface area contributed by atoms with Gasteiger partial charge in [0.1, 0.15) is 5.57 Å². The van der Waals surface area contributed by atoms with Gasteiger partial charge in [-0.15, -0.1) is 0 Å². The summed E-state index contributed by atoms with van der Waals surface area (Å²) in [5.74, 6) is -9.35. The molecule has 0 aliphatic rings. The number of rotatable bonds is 4. The number of alkyl halides is 5. The zero-order valence-corrected chi connectivity index (χ0v) is 7.39. The van der Waals surface area contributed by atoms with Crippen LogP contribution in [0.25, 0.3) is 0 Å². The van der Waals surface area contributed by atoms with Crippen molar-refractivity contribution in [1.82, 2.24) is 0 Å². The van der Waals surface area contributed by atoms with Crippen LogP contribution < -0.4 is 0 Å². The largest absolute Gasteiger partial charge is 0.477 e. The van der Waals surface area contributed by atoms with Gasteiger partial charge in [-0.3, -0.25) is 0 Å². The van der Waals surface area contributed by atoms with Crippen molar-refractivity contribution in [2.24, 2.45) is 0 Å². The lowest BCUT2D eigenvalue weighted by Gasteiger charge is -2.17. The van der Waals surface area contributed by atoms with Gasteiger partial charge in [0, 0.05) is 6.42 Å². The summed E-state index contributed by atoms with van der Waals surface area (Å²) in [7, 11) is 0. The van der Waals surface area contributed by atoms with Gasteiger partial charge >= 0.3 is 24.0 Å².